The molecule has 100 valence electrons. The van der Waals surface area contributed by atoms with Gasteiger partial charge in [-0.05, 0) is 36.2 Å². The molecule has 0 radical (unpaired) electrons. The van der Waals surface area contributed by atoms with Crippen molar-refractivity contribution in [2.45, 2.75) is 19.4 Å². The summed E-state index contributed by atoms with van der Waals surface area (Å²) < 4.78 is 5.70. The average molecular weight is 296 g/mol. The fraction of sp³-hybridized carbons (Fsp3) is 0.200. The van der Waals surface area contributed by atoms with Crippen LogP contribution in [-0.4, -0.2) is 0 Å². The quantitative estimate of drug-likeness (QED) is 0.842. The van der Waals surface area contributed by atoms with Crippen LogP contribution in [-0.2, 0) is 0 Å². The van der Waals surface area contributed by atoms with Crippen molar-refractivity contribution >= 4 is 23.2 Å². The van der Waals surface area contributed by atoms with E-state index in [4.69, 9.17) is 33.7 Å². The van der Waals surface area contributed by atoms with E-state index < -0.39 is 0 Å². The maximum absolute atomic E-state index is 5.96. The Morgan fingerprint density at radius 3 is 2.21 bits per heavy atom. The topological polar surface area (TPSA) is 35.2 Å². The summed E-state index contributed by atoms with van der Waals surface area (Å²) in [7, 11) is 0. The maximum Gasteiger partial charge on any atom is 0.129 e. The Morgan fingerprint density at radius 2 is 1.63 bits per heavy atom. The zero-order chi connectivity index (χ0) is 13.8. The molecule has 4 heteroatoms. The third-order valence-corrected chi connectivity index (χ3v) is 3.61. The van der Waals surface area contributed by atoms with Gasteiger partial charge < -0.3 is 10.5 Å². The van der Waals surface area contributed by atoms with E-state index in [9.17, 15) is 0 Å². The second-order valence-electron chi connectivity index (χ2n) is 4.26. The lowest BCUT2D eigenvalue weighted by molar-refractivity contribution is 0.482. The molecule has 2 rings (SSSR count). The van der Waals surface area contributed by atoms with Crippen LogP contribution in [0.15, 0.2) is 42.5 Å². The molecule has 0 aliphatic heterocycles. The number of halogens is 2. The molecule has 0 aromatic heterocycles. The minimum atomic E-state index is 0.0685. The maximum atomic E-state index is 5.96. The van der Waals surface area contributed by atoms with E-state index in [1.807, 2.05) is 24.3 Å². The molecule has 2 aromatic rings. The van der Waals surface area contributed by atoms with Crippen LogP contribution in [0, 0.1) is 0 Å². The van der Waals surface area contributed by atoms with Crippen LogP contribution < -0.4 is 10.5 Å². The summed E-state index contributed by atoms with van der Waals surface area (Å²) >= 11 is 11.8. The fourth-order valence-electron chi connectivity index (χ4n) is 1.70. The number of nitrogens with two attached hydrogens (primary N) is 1. The molecule has 0 aliphatic carbocycles. The first-order chi connectivity index (χ1) is 9.10. The third-order valence-electron chi connectivity index (χ3n) is 2.87. The van der Waals surface area contributed by atoms with Gasteiger partial charge in [-0.25, -0.2) is 0 Å². The van der Waals surface area contributed by atoms with E-state index >= 15 is 0 Å². The second kappa shape index (κ2) is 6.29. The summed E-state index contributed by atoms with van der Waals surface area (Å²) in [5, 5.41) is 0.988. The highest BCUT2D eigenvalue weighted by Gasteiger charge is 2.05. The standard InChI is InChI=1S/C15H15Cl2NO/c1-2-15(18)10-3-5-11(6-4-10)19-12-7-8-13(16)14(17)9-12/h3-9,15H,2,18H2,1H3. The van der Waals surface area contributed by atoms with Crippen LogP contribution in [0.25, 0.3) is 0 Å². The van der Waals surface area contributed by atoms with Crippen LogP contribution in [0.5, 0.6) is 11.5 Å². The molecule has 2 nitrogen and oxygen atoms in total. The highest BCUT2D eigenvalue weighted by atomic mass is 35.5. The van der Waals surface area contributed by atoms with Crippen molar-refractivity contribution in [2.75, 3.05) is 0 Å². The summed E-state index contributed by atoms with van der Waals surface area (Å²) in [5.74, 6) is 1.40. The Bertz CT molecular complexity index is 555. The van der Waals surface area contributed by atoms with Crippen LogP contribution >= 0.6 is 23.2 Å². The molecule has 0 saturated carbocycles. The minimum Gasteiger partial charge on any atom is -0.457 e. The van der Waals surface area contributed by atoms with Crippen molar-refractivity contribution in [3.63, 3.8) is 0 Å². The Balaban J connectivity index is 2.12. The molecule has 0 amide bonds. The van der Waals surface area contributed by atoms with Crippen molar-refractivity contribution in [2.24, 2.45) is 5.73 Å². The van der Waals surface area contributed by atoms with Crippen LogP contribution in [0.2, 0.25) is 10.0 Å². The van der Waals surface area contributed by atoms with Crippen molar-refractivity contribution < 1.29 is 4.74 Å². The molecule has 2 aromatic carbocycles. The van der Waals surface area contributed by atoms with Gasteiger partial charge in [-0.2, -0.15) is 0 Å². The molecule has 0 saturated heterocycles. The predicted octanol–water partition coefficient (Wildman–Crippen LogP) is 5.20. The smallest absolute Gasteiger partial charge is 0.129 e. The van der Waals surface area contributed by atoms with Crippen molar-refractivity contribution in [1.29, 1.82) is 0 Å². The number of ether oxygens (including phenoxy) is 1. The molecular weight excluding hydrogens is 281 g/mol. The molecule has 1 unspecified atom stereocenters. The van der Waals surface area contributed by atoms with E-state index in [-0.39, 0.29) is 6.04 Å². The average Bonchev–Trinajstić information content (AvgIpc) is 2.43. The van der Waals surface area contributed by atoms with Gasteiger partial charge in [-0.15, -0.1) is 0 Å². The number of benzene rings is 2. The van der Waals surface area contributed by atoms with Gasteiger partial charge in [0.1, 0.15) is 11.5 Å². The first kappa shape index (κ1) is 14.2. The molecule has 2 N–H and O–H groups in total. The SMILES string of the molecule is CCC(N)c1ccc(Oc2ccc(Cl)c(Cl)c2)cc1. The largest absolute Gasteiger partial charge is 0.457 e. The van der Waals surface area contributed by atoms with E-state index in [1.165, 1.54) is 0 Å². The normalized spacial score (nSPS) is 12.2. The van der Waals surface area contributed by atoms with Gasteiger partial charge in [0.2, 0.25) is 0 Å². The lowest BCUT2D eigenvalue weighted by Gasteiger charge is -2.11. The van der Waals surface area contributed by atoms with E-state index in [2.05, 4.69) is 6.92 Å². The molecule has 0 bridgehead atoms. The Labute approximate surface area is 123 Å². The summed E-state index contributed by atoms with van der Waals surface area (Å²) in [5.41, 5.74) is 7.06. The fourth-order valence-corrected chi connectivity index (χ4v) is 1.98. The molecular formula is C15H15Cl2NO. The first-order valence-electron chi connectivity index (χ1n) is 6.08. The molecule has 0 heterocycles. The van der Waals surface area contributed by atoms with Crippen LogP contribution in [0.3, 0.4) is 0 Å². The lowest BCUT2D eigenvalue weighted by Crippen LogP contribution is -2.07. The van der Waals surface area contributed by atoms with Gasteiger partial charge >= 0.3 is 0 Å². The van der Waals surface area contributed by atoms with Crippen molar-refractivity contribution in [3.05, 3.63) is 58.1 Å². The summed E-state index contributed by atoms with van der Waals surface area (Å²) in [6, 6.07) is 13.0. The molecule has 1 atom stereocenters. The summed E-state index contributed by atoms with van der Waals surface area (Å²) in [4.78, 5) is 0. The van der Waals surface area contributed by atoms with Gasteiger partial charge in [0.15, 0.2) is 0 Å². The molecule has 19 heavy (non-hydrogen) atoms. The van der Waals surface area contributed by atoms with Gasteiger partial charge in [0.05, 0.1) is 10.0 Å². The number of hydrogen-bond acceptors (Lipinski definition) is 2. The second-order valence-corrected chi connectivity index (χ2v) is 5.08. The molecule has 0 fully saturated rings. The molecule has 0 aliphatic rings. The number of hydrogen-bond donors (Lipinski definition) is 1. The monoisotopic (exact) mass is 295 g/mol. The van der Waals surface area contributed by atoms with Crippen molar-refractivity contribution in [1.82, 2.24) is 0 Å². The highest BCUT2D eigenvalue weighted by Crippen LogP contribution is 2.29. The minimum absolute atomic E-state index is 0.0685. The predicted molar refractivity (Wildman–Crippen MR) is 80.2 cm³/mol. The van der Waals surface area contributed by atoms with Gasteiger partial charge in [-0.1, -0.05) is 42.3 Å². The zero-order valence-corrected chi connectivity index (χ0v) is 12.1. The van der Waals surface area contributed by atoms with Gasteiger partial charge in [0, 0.05) is 12.1 Å². The van der Waals surface area contributed by atoms with E-state index in [1.54, 1.807) is 18.2 Å². The Morgan fingerprint density at radius 1 is 1.00 bits per heavy atom. The van der Waals surface area contributed by atoms with E-state index in [0.29, 0.717) is 15.8 Å². The van der Waals surface area contributed by atoms with Crippen LogP contribution in [0.4, 0.5) is 0 Å². The summed E-state index contributed by atoms with van der Waals surface area (Å²) in [6.45, 7) is 2.06. The molecule has 0 spiro atoms. The highest BCUT2D eigenvalue weighted by molar-refractivity contribution is 6.42. The Kier molecular flexibility index (Phi) is 4.70. The number of rotatable bonds is 4. The van der Waals surface area contributed by atoms with E-state index in [0.717, 1.165) is 17.7 Å². The Hall–Kier alpha value is -1.22. The summed E-state index contributed by atoms with van der Waals surface area (Å²) in [6.07, 6.45) is 0.910. The van der Waals surface area contributed by atoms with Crippen LogP contribution in [0.1, 0.15) is 24.9 Å². The van der Waals surface area contributed by atoms with Crippen molar-refractivity contribution in [3.8, 4) is 11.5 Å². The van der Waals surface area contributed by atoms with Gasteiger partial charge in [-0.3, -0.25) is 0 Å². The third kappa shape index (κ3) is 3.63. The van der Waals surface area contributed by atoms with Gasteiger partial charge in [0.25, 0.3) is 0 Å². The zero-order valence-electron chi connectivity index (χ0n) is 10.6. The lowest BCUT2D eigenvalue weighted by atomic mass is 10.1. The first-order valence-corrected chi connectivity index (χ1v) is 6.84.